The van der Waals surface area contributed by atoms with Gasteiger partial charge in [-0.15, -0.1) is 0 Å². The van der Waals surface area contributed by atoms with Gasteiger partial charge in [-0.3, -0.25) is 4.79 Å². The number of amides is 1. The molecule has 1 aliphatic rings. The van der Waals surface area contributed by atoms with Crippen LogP contribution < -0.4 is 19.1 Å². The van der Waals surface area contributed by atoms with E-state index in [2.05, 4.69) is 4.98 Å². The van der Waals surface area contributed by atoms with Crippen molar-refractivity contribution in [2.45, 2.75) is 0 Å². The molecular weight excluding hydrogens is 463 g/mol. The van der Waals surface area contributed by atoms with Crippen molar-refractivity contribution in [2.24, 2.45) is 0 Å². The molecule has 0 N–H and O–H groups in total. The fraction of sp³-hybridized carbons (Fsp3) is 0.292. The van der Waals surface area contributed by atoms with Gasteiger partial charge in [-0.2, -0.15) is 0 Å². The molecule has 1 fully saturated rings. The lowest BCUT2D eigenvalue weighted by Gasteiger charge is -2.34. The summed E-state index contributed by atoms with van der Waals surface area (Å²) in [5.74, 6) is 1.39. The van der Waals surface area contributed by atoms with Gasteiger partial charge >= 0.3 is 0 Å². The molecule has 10 heteroatoms. The maximum atomic E-state index is 13.4. The number of halogens is 2. The van der Waals surface area contributed by atoms with Crippen LogP contribution in [0, 0.1) is 5.82 Å². The van der Waals surface area contributed by atoms with Crippen molar-refractivity contribution in [3.8, 4) is 28.5 Å². The summed E-state index contributed by atoms with van der Waals surface area (Å²) < 4.78 is 29.7. The molecule has 3 aromatic rings. The minimum atomic E-state index is -0.549. The largest absolute Gasteiger partial charge is 0.493 e. The Morgan fingerprint density at radius 2 is 1.65 bits per heavy atom. The average molecular weight is 487 g/mol. The molecule has 0 spiro atoms. The van der Waals surface area contributed by atoms with Gasteiger partial charge < -0.3 is 24.0 Å². The Morgan fingerprint density at radius 3 is 2.24 bits per heavy atom. The van der Waals surface area contributed by atoms with E-state index in [1.54, 1.807) is 32.4 Å². The molecule has 178 valence electrons. The third-order valence-electron chi connectivity index (χ3n) is 5.62. The van der Waals surface area contributed by atoms with E-state index in [4.69, 9.17) is 30.8 Å². The number of carbonyl (C=O) groups is 1. The predicted octanol–water partition coefficient (Wildman–Crippen LogP) is 3.92. The van der Waals surface area contributed by atoms with Crippen LogP contribution in [-0.4, -0.2) is 68.3 Å². The van der Waals surface area contributed by atoms with Crippen LogP contribution in [-0.2, 0) is 0 Å². The van der Waals surface area contributed by atoms with Crippen molar-refractivity contribution in [1.82, 2.24) is 14.9 Å². The van der Waals surface area contributed by atoms with E-state index in [1.807, 2.05) is 23.1 Å². The quantitative estimate of drug-likeness (QED) is 0.522. The lowest BCUT2D eigenvalue weighted by atomic mass is 10.1. The standard InChI is InChI=1S/C24H24ClFN4O4/c1-32-20-13-16(14-21(33-2)22(20)34-3)19-6-7-27-24(28-19)30-10-8-29(9-11-30)23(31)15-4-5-18(26)17(25)12-15/h4-7,12-14H,8-11H2,1-3H3. The molecule has 1 amide bonds. The van der Waals surface area contributed by atoms with Crippen LogP contribution >= 0.6 is 11.6 Å². The van der Waals surface area contributed by atoms with Crippen molar-refractivity contribution in [2.75, 3.05) is 52.4 Å². The number of rotatable bonds is 6. The summed E-state index contributed by atoms with van der Waals surface area (Å²) in [6.45, 7) is 2.07. The zero-order chi connectivity index (χ0) is 24.2. The monoisotopic (exact) mass is 486 g/mol. The number of ether oxygens (including phenoxy) is 3. The molecule has 2 aromatic carbocycles. The molecule has 0 atom stereocenters. The fourth-order valence-electron chi connectivity index (χ4n) is 3.81. The number of methoxy groups -OCH3 is 3. The Morgan fingerprint density at radius 1 is 0.971 bits per heavy atom. The third kappa shape index (κ3) is 4.70. The van der Waals surface area contributed by atoms with Gasteiger partial charge in [0.05, 0.1) is 32.0 Å². The average Bonchev–Trinajstić information content (AvgIpc) is 2.89. The third-order valence-corrected chi connectivity index (χ3v) is 5.91. The summed E-state index contributed by atoms with van der Waals surface area (Å²) in [7, 11) is 4.68. The molecule has 8 nitrogen and oxygen atoms in total. The van der Waals surface area contributed by atoms with Gasteiger partial charge in [0.15, 0.2) is 11.5 Å². The minimum Gasteiger partial charge on any atom is -0.493 e. The maximum absolute atomic E-state index is 13.4. The van der Waals surface area contributed by atoms with E-state index in [9.17, 15) is 9.18 Å². The van der Waals surface area contributed by atoms with Gasteiger partial charge in [0, 0.05) is 43.5 Å². The molecule has 1 aromatic heterocycles. The number of aromatic nitrogens is 2. The molecule has 2 heterocycles. The first kappa shape index (κ1) is 23.6. The molecule has 0 bridgehead atoms. The summed E-state index contributed by atoms with van der Waals surface area (Å²) in [4.78, 5) is 25.7. The van der Waals surface area contributed by atoms with Gasteiger partial charge in [-0.25, -0.2) is 14.4 Å². The zero-order valence-electron chi connectivity index (χ0n) is 19.0. The first-order valence-electron chi connectivity index (χ1n) is 10.6. The number of hydrogen-bond donors (Lipinski definition) is 0. The van der Waals surface area contributed by atoms with E-state index in [0.717, 1.165) is 5.56 Å². The summed E-state index contributed by atoms with van der Waals surface area (Å²) in [5, 5.41) is -0.0681. The second-order valence-corrected chi connectivity index (χ2v) is 7.97. The molecule has 0 saturated carbocycles. The van der Waals surface area contributed by atoms with Crippen LogP contribution in [0.15, 0.2) is 42.6 Å². The number of carbonyl (C=O) groups excluding carboxylic acids is 1. The van der Waals surface area contributed by atoms with Crippen molar-refractivity contribution < 1.29 is 23.4 Å². The topological polar surface area (TPSA) is 77.0 Å². The molecule has 34 heavy (non-hydrogen) atoms. The summed E-state index contributed by atoms with van der Waals surface area (Å²) in [5.41, 5.74) is 1.85. The van der Waals surface area contributed by atoms with E-state index in [0.29, 0.717) is 60.6 Å². The van der Waals surface area contributed by atoms with Crippen LogP contribution in [0.2, 0.25) is 5.02 Å². The smallest absolute Gasteiger partial charge is 0.254 e. The van der Waals surface area contributed by atoms with E-state index >= 15 is 0 Å². The van der Waals surface area contributed by atoms with E-state index < -0.39 is 5.82 Å². The van der Waals surface area contributed by atoms with Gasteiger partial charge in [-0.05, 0) is 36.4 Å². The summed E-state index contributed by atoms with van der Waals surface area (Å²) >= 11 is 5.83. The van der Waals surface area contributed by atoms with Crippen molar-refractivity contribution in [1.29, 1.82) is 0 Å². The van der Waals surface area contributed by atoms with Gasteiger partial charge in [0.2, 0.25) is 11.7 Å². The first-order chi connectivity index (χ1) is 16.4. The molecule has 1 aliphatic heterocycles. The highest BCUT2D eigenvalue weighted by Crippen LogP contribution is 2.40. The highest BCUT2D eigenvalue weighted by molar-refractivity contribution is 6.31. The fourth-order valence-corrected chi connectivity index (χ4v) is 3.99. The number of nitrogens with zero attached hydrogens (tertiary/aromatic N) is 4. The maximum Gasteiger partial charge on any atom is 0.254 e. The van der Waals surface area contributed by atoms with Crippen molar-refractivity contribution in [3.05, 3.63) is 59.0 Å². The van der Waals surface area contributed by atoms with E-state index in [-0.39, 0.29) is 10.9 Å². The summed E-state index contributed by atoms with van der Waals surface area (Å²) in [6.07, 6.45) is 1.69. The Bertz CT molecular complexity index is 1180. The van der Waals surface area contributed by atoms with Crippen molar-refractivity contribution >= 4 is 23.5 Å². The minimum absolute atomic E-state index is 0.0681. The Kier molecular flexibility index (Phi) is 7.02. The lowest BCUT2D eigenvalue weighted by Crippen LogP contribution is -2.49. The SMILES string of the molecule is COc1cc(-c2ccnc(N3CCN(C(=O)c4ccc(F)c(Cl)c4)CC3)n2)cc(OC)c1OC. The van der Waals surface area contributed by atoms with Gasteiger partial charge in [-0.1, -0.05) is 11.6 Å². The predicted molar refractivity (Wildman–Crippen MR) is 127 cm³/mol. The second-order valence-electron chi connectivity index (χ2n) is 7.56. The molecule has 4 rings (SSSR count). The van der Waals surface area contributed by atoms with Gasteiger partial charge in [0.25, 0.3) is 5.91 Å². The molecule has 1 saturated heterocycles. The normalized spacial score (nSPS) is 13.6. The van der Waals surface area contributed by atoms with E-state index in [1.165, 1.54) is 18.2 Å². The van der Waals surface area contributed by atoms with Crippen molar-refractivity contribution in [3.63, 3.8) is 0 Å². The molecular formula is C24H24ClFN4O4. The molecule has 0 aliphatic carbocycles. The molecule has 0 radical (unpaired) electrons. The van der Waals surface area contributed by atoms with Crippen LogP contribution in [0.1, 0.15) is 10.4 Å². The van der Waals surface area contributed by atoms with Crippen LogP contribution in [0.5, 0.6) is 17.2 Å². The Balaban J connectivity index is 1.50. The molecule has 0 unspecified atom stereocenters. The van der Waals surface area contributed by atoms with Crippen LogP contribution in [0.3, 0.4) is 0 Å². The highest BCUT2D eigenvalue weighted by Gasteiger charge is 2.24. The van der Waals surface area contributed by atoms with Gasteiger partial charge in [0.1, 0.15) is 5.82 Å². The number of benzene rings is 2. The number of anilines is 1. The summed E-state index contributed by atoms with van der Waals surface area (Å²) in [6, 6.07) is 9.47. The van der Waals surface area contributed by atoms with Crippen LogP contribution in [0.4, 0.5) is 10.3 Å². The number of hydrogen-bond acceptors (Lipinski definition) is 7. The Labute approximate surface area is 201 Å². The second kappa shape index (κ2) is 10.1. The van der Waals surface area contributed by atoms with Crippen LogP contribution in [0.25, 0.3) is 11.3 Å². The lowest BCUT2D eigenvalue weighted by molar-refractivity contribution is 0.0746. The highest BCUT2D eigenvalue weighted by atomic mass is 35.5. The Hall–Kier alpha value is -3.59. The number of piperazine rings is 1. The first-order valence-corrected chi connectivity index (χ1v) is 11.0. The zero-order valence-corrected chi connectivity index (χ0v) is 19.8.